The molecular formula is C14H12N6O. The first-order chi connectivity index (χ1) is 10.3. The summed E-state index contributed by atoms with van der Waals surface area (Å²) >= 11 is 0. The molecule has 2 aromatic heterocycles. The SMILES string of the molecule is NNc1nc(-c2cccnc2)[nH]c(=O)n1.c1cc2ccc1-2. The summed E-state index contributed by atoms with van der Waals surface area (Å²) in [4.78, 5) is 25.0. The van der Waals surface area contributed by atoms with Crippen LogP contribution in [0.5, 0.6) is 0 Å². The number of pyridine rings is 1. The van der Waals surface area contributed by atoms with Gasteiger partial charge in [0.05, 0.1) is 0 Å². The highest BCUT2D eigenvalue weighted by Gasteiger charge is 2.04. The van der Waals surface area contributed by atoms with Crippen LogP contribution in [0, 0.1) is 0 Å². The minimum absolute atomic E-state index is 0.0672. The van der Waals surface area contributed by atoms with Gasteiger partial charge in [-0.05, 0) is 23.3 Å². The molecule has 4 N–H and O–H groups in total. The molecule has 7 nitrogen and oxygen atoms in total. The third-order valence-electron chi connectivity index (χ3n) is 2.93. The van der Waals surface area contributed by atoms with Crippen LogP contribution < -0.4 is 17.0 Å². The van der Waals surface area contributed by atoms with E-state index in [1.165, 1.54) is 11.1 Å². The molecule has 0 bridgehead atoms. The van der Waals surface area contributed by atoms with Crippen molar-refractivity contribution in [3.63, 3.8) is 0 Å². The maximum absolute atomic E-state index is 11.1. The molecule has 7 heteroatoms. The highest BCUT2D eigenvalue weighted by atomic mass is 16.1. The quantitative estimate of drug-likeness (QED) is 0.376. The van der Waals surface area contributed by atoms with Crippen LogP contribution in [-0.2, 0) is 0 Å². The lowest BCUT2D eigenvalue weighted by molar-refractivity contribution is 0.984. The standard InChI is InChI=1S/C8H8N6O.C6H4/c9-14-7-11-6(12-8(15)13-7)5-2-1-3-10-4-5;1-2-6-4-3-5(1)6/h1-4H,9H2,(H2,11,12,13,14,15);1-4H. The van der Waals surface area contributed by atoms with Crippen LogP contribution in [0.15, 0.2) is 53.6 Å². The zero-order chi connectivity index (χ0) is 14.7. The molecular weight excluding hydrogens is 268 g/mol. The van der Waals surface area contributed by atoms with E-state index < -0.39 is 5.69 Å². The summed E-state index contributed by atoms with van der Waals surface area (Å²) in [7, 11) is 0. The molecule has 4 rings (SSSR count). The first-order valence-corrected chi connectivity index (χ1v) is 6.22. The van der Waals surface area contributed by atoms with Gasteiger partial charge in [-0.3, -0.25) is 15.4 Å². The predicted molar refractivity (Wildman–Crippen MR) is 79.1 cm³/mol. The highest BCUT2D eigenvalue weighted by molar-refractivity contribution is 5.75. The molecule has 0 fully saturated rings. The Morgan fingerprint density at radius 2 is 1.71 bits per heavy atom. The molecule has 0 spiro atoms. The van der Waals surface area contributed by atoms with Gasteiger partial charge in [-0.1, -0.05) is 24.3 Å². The third-order valence-corrected chi connectivity index (χ3v) is 2.93. The predicted octanol–water partition coefficient (Wildman–Crippen LogP) is 1.18. The number of hydrogen-bond donors (Lipinski definition) is 3. The zero-order valence-electron chi connectivity index (χ0n) is 10.9. The van der Waals surface area contributed by atoms with Crippen LogP contribution in [0.1, 0.15) is 0 Å². The van der Waals surface area contributed by atoms with Crippen molar-refractivity contribution in [2.45, 2.75) is 0 Å². The maximum Gasteiger partial charge on any atom is 0.349 e. The summed E-state index contributed by atoms with van der Waals surface area (Å²) in [6.45, 7) is 0. The number of aromatic amines is 1. The number of nitrogens with one attached hydrogen (secondary N) is 2. The molecule has 2 heterocycles. The lowest BCUT2D eigenvalue weighted by atomic mass is 9.95. The van der Waals surface area contributed by atoms with Crippen LogP contribution in [0.25, 0.3) is 22.5 Å². The minimum atomic E-state index is -0.517. The van der Waals surface area contributed by atoms with E-state index in [9.17, 15) is 4.79 Å². The molecule has 0 atom stereocenters. The molecule has 0 radical (unpaired) electrons. The number of fused-ring (bicyclic) bond motifs is 1. The number of nitrogens with two attached hydrogens (primary N) is 1. The summed E-state index contributed by atoms with van der Waals surface area (Å²) in [6.07, 6.45) is 3.21. The number of benzene rings is 1. The number of rotatable bonds is 2. The number of hydrazine groups is 1. The second kappa shape index (κ2) is 5.51. The van der Waals surface area contributed by atoms with Crippen molar-refractivity contribution in [3.8, 4) is 22.5 Å². The fraction of sp³-hybridized carbons (Fsp3) is 0. The van der Waals surface area contributed by atoms with Crippen molar-refractivity contribution in [3.05, 3.63) is 59.3 Å². The van der Waals surface area contributed by atoms with Crippen molar-refractivity contribution in [1.82, 2.24) is 19.9 Å². The van der Waals surface area contributed by atoms with Gasteiger partial charge in [0.1, 0.15) is 5.82 Å². The molecule has 0 saturated carbocycles. The Kier molecular flexibility index (Phi) is 3.40. The van der Waals surface area contributed by atoms with Crippen molar-refractivity contribution in [2.75, 3.05) is 5.43 Å². The number of hydrogen-bond acceptors (Lipinski definition) is 6. The van der Waals surface area contributed by atoms with Crippen molar-refractivity contribution in [1.29, 1.82) is 0 Å². The van der Waals surface area contributed by atoms with Crippen LogP contribution in [-0.4, -0.2) is 19.9 Å². The molecule has 2 aliphatic carbocycles. The topological polar surface area (TPSA) is 110 Å². The smallest absolute Gasteiger partial charge is 0.292 e. The molecule has 0 saturated heterocycles. The number of nitrogen functional groups attached to an aromatic ring is 1. The van der Waals surface area contributed by atoms with Gasteiger partial charge in [-0.25, -0.2) is 10.6 Å². The Bertz CT molecular complexity index is 777. The fourth-order valence-corrected chi connectivity index (χ4v) is 1.75. The van der Waals surface area contributed by atoms with Crippen LogP contribution in [0.4, 0.5) is 5.95 Å². The van der Waals surface area contributed by atoms with E-state index >= 15 is 0 Å². The average molecular weight is 280 g/mol. The van der Waals surface area contributed by atoms with E-state index in [1.807, 2.05) is 0 Å². The van der Waals surface area contributed by atoms with Gasteiger partial charge in [-0.2, -0.15) is 9.97 Å². The Labute approximate surface area is 119 Å². The van der Waals surface area contributed by atoms with E-state index in [1.54, 1.807) is 24.5 Å². The molecule has 21 heavy (non-hydrogen) atoms. The second-order valence-electron chi connectivity index (χ2n) is 4.29. The molecule has 0 aromatic carbocycles. The van der Waals surface area contributed by atoms with Gasteiger partial charge in [0, 0.05) is 18.0 Å². The lowest BCUT2D eigenvalue weighted by Crippen LogP contribution is -2.19. The number of H-pyrrole nitrogens is 1. The van der Waals surface area contributed by atoms with Crippen molar-refractivity contribution >= 4 is 5.95 Å². The van der Waals surface area contributed by atoms with Gasteiger partial charge >= 0.3 is 5.69 Å². The zero-order valence-corrected chi connectivity index (χ0v) is 10.9. The molecule has 2 aromatic rings. The molecule has 0 unspecified atom stereocenters. The van der Waals surface area contributed by atoms with Gasteiger partial charge in [0.2, 0.25) is 5.95 Å². The largest absolute Gasteiger partial charge is 0.349 e. The number of aromatic nitrogens is 4. The molecule has 0 amide bonds. The summed E-state index contributed by atoms with van der Waals surface area (Å²) in [5, 5.41) is 0. The van der Waals surface area contributed by atoms with Crippen LogP contribution in [0.2, 0.25) is 0 Å². The van der Waals surface area contributed by atoms with E-state index in [0.717, 1.165) is 0 Å². The van der Waals surface area contributed by atoms with Gasteiger partial charge in [0.15, 0.2) is 0 Å². The monoisotopic (exact) mass is 280 g/mol. The van der Waals surface area contributed by atoms with Gasteiger partial charge < -0.3 is 0 Å². The van der Waals surface area contributed by atoms with Crippen molar-refractivity contribution < 1.29 is 0 Å². The number of nitrogens with zero attached hydrogens (tertiary/aromatic N) is 3. The van der Waals surface area contributed by atoms with Crippen LogP contribution >= 0.6 is 0 Å². The van der Waals surface area contributed by atoms with Gasteiger partial charge in [0.25, 0.3) is 0 Å². The van der Waals surface area contributed by atoms with E-state index in [0.29, 0.717) is 11.4 Å². The van der Waals surface area contributed by atoms with Crippen molar-refractivity contribution in [2.24, 2.45) is 5.84 Å². The van der Waals surface area contributed by atoms with Gasteiger partial charge in [-0.15, -0.1) is 0 Å². The lowest BCUT2D eigenvalue weighted by Gasteiger charge is -2.10. The highest BCUT2D eigenvalue weighted by Crippen LogP contribution is 2.29. The summed E-state index contributed by atoms with van der Waals surface area (Å²) in [5.41, 5.74) is 5.24. The molecule has 2 aliphatic rings. The third kappa shape index (κ3) is 2.77. The van der Waals surface area contributed by atoms with E-state index in [4.69, 9.17) is 5.84 Å². The summed E-state index contributed by atoms with van der Waals surface area (Å²) < 4.78 is 0. The Hall–Kier alpha value is -3.06. The van der Waals surface area contributed by atoms with E-state index in [2.05, 4.69) is 49.6 Å². The second-order valence-corrected chi connectivity index (χ2v) is 4.29. The molecule has 0 aliphatic heterocycles. The Morgan fingerprint density at radius 1 is 1.00 bits per heavy atom. The summed E-state index contributed by atoms with van der Waals surface area (Å²) in [5.74, 6) is 5.56. The van der Waals surface area contributed by atoms with E-state index in [-0.39, 0.29) is 5.95 Å². The first-order valence-electron chi connectivity index (χ1n) is 6.22. The Morgan fingerprint density at radius 3 is 2.19 bits per heavy atom. The fourth-order valence-electron chi connectivity index (χ4n) is 1.75. The number of anilines is 1. The average Bonchev–Trinajstić information content (AvgIpc) is 2.51. The minimum Gasteiger partial charge on any atom is -0.292 e. The Balaban J connectivity index is 0.000000180. The molecule has 104 valence electrons. The maximum atomic E-state index is 11.1. The first kappa shape index (κ1) is 12.9. The normalized spacial score (nSPS) is 10.3. The van der Waals surface area contributed by atoms with Crippen LogP contribution in [0.3, 0.4) is 0 Å². The summed E-state index contributed by atoms with van der Waals surface area (Å²) in [6, 6.07) is 12.0.